The van der Waals surface area contributed by atoms with Gasteiger partial charge in [0.05, 0.1) is 4.88 Å². The predicted molar refractivity (Wildman–Crippen MR) is 117 cm³/mol. The molecule has 3 aromatic rings. The van der Waals surface area contributed by atoms with Crippen molar-refractivity contribution in [1.82, 2.24) is 19.7 Å². The Bertz CT molecular complexity index is 1000. The minimum absolute atomic E-state index is 0.0263. The molecule has 3 heterocycles. The second-order valence-electron chi connectivity index (χ2n) is 6.98. The number of anilines is 1. The van der Waals surface area contributed by atoms with Crippen molar-refractivity contribution >= 4 is 23.1 Å². The van der Waals surface area contributed by atoms with Gasteiger partial charge in [-0.05, 0) is 30.7 Å². The third-order valence-corrected chi connectivity index (χ3v) is 5.62. The van der Waals surface area contributed by atoms with E-state index in [2.05, 4.69) is 34.2 Å². The molecule has 0 aliphatic carbocycles. The van der Waals surface area contributed by atoms with Crippen LogP contribution in [0.25, 0.3) is 16.5 Å². The van der Waals surface area contributed by atoms with Gasteiger partial charge in [0.1, 0.15) is 11.5 Å². The molecule has 0 aliphatic heterocycles. The number of carbonyl (C=O) groups excluding carboxylic acids is 1. The van der Waals surface area contributed by atoms with Gasteiger partial charge in [0, 0.05) is 23.7 Å². The van der Waals surface area contributed by atoms with Crippen LogP contribution < -0.4 is 10.9 Å². The minimum Gasteiger partial charge on any atom is -0.310 e. The zero-order valence-electron chi connectivity index (χ0n) is 17.1. The number of hydrogen-bond donors (Lipinski definition) is 2. The monoisotopic (exact) mass is 413 g/mol. The summed E-state index contributed by atoms with van der Waals surface area (Å²) in [5.74, 6) is 0.732. The zero-order chi connectivity index (χ0) is 20.8. The van der Waals surface area contributed by atoms with Gasteiger partial charge >= 0.3 is 0 Å². The molecule has 154 valence electrons. The van der Waals surface area contributed by atoms with Crippen LogP contribution in [0.4, 0.5) is 5.82 Å². The Kier molecular flexibility index (Phi) is 6.98. The standard InChI is InChI=1S/C21H27N5O2S/c1-4-8-14(9-5-2)20(28)23-18-13-16(17-10-7-11-29-17)25-26(18)21-22-15(6-3)12-19(27)24-21/h7,10-14H,4-6,8-9H2,1-3H3,(H,23,28)(H,22,24,27). The normalized spacial score (nSPS) is 11.2. The van der Waals surface area contributed by atoms with Crippen LogP contribution in [0.2, 0.25) is 0 Å². The van der Waals surface area contributed by atoms with Crippen molar-refractivity contribution in [2.75, 3.05) is 5.32 Å². The lowest BCUT2D eigenvalue weighted by Crippen LogP contribution is -2.25. The summed E-state index contributed by atoms with van der Waals surface area (Å²) in [5, 5.41) is 9.62. The van der Waals surface area contributed by atoms with Gasteiger partial charge in [-0.2, -0.15) is 9.78 Å². The molecule has 3 rings (SSSR count). The van der Waals surface area contributed by atoms with Crippen LogP contribution in [-0.2, 0) is 11.2 Å². The first-order chi connectivity index (χ1) is 14.0. The summed E-state index contributed by atoms with van der Waals surface area (Å²) in [4.78, 5) is 33.2. The predicted octanol–water partition coefficient (Wildman–Crippen LogP) is 4.40. The van der Waals surface area contributed by atoms with Crippen LogP contribution in [0.15, 0.2) is 34.4 Å². The summed E-state index contributed by atoms with van der Waals surface area (Å²) in [5.41, 5.74) is 1.15. The molecule has 0 unspecified atom stereocenters. The van der Waals surface area contributed by atoms with E-state index in [4.69, 9.17) is 0 Å². The first-order valence-corrected chi connectivity index (χ1v) is 11.0. The third kappa shape index (κ3) is 5.00. The Morgan fingerprint density at radius 1 is 1.24 bits per heavy atom. The molecular weight excluding hydrogens is 386 g/mol. The summed E-state index contributed by atoms with van der Waals surface area (Å²) in [6, 6.07) is 7.23. The molecule has 0 saturated carbocycles. The molecule has 8 heteroatoms. The van der Waals surface area contributed by atoms with Crippen LogP contribution in [0, 0.1) is 5.92 Å². The lowest BCUT2D eigenvalue weighted by molar-refractivity contribution is -0.120. The number of rotatable bonds is 9. The molecule has 0 aromatic carbocycles. The number of aromatic amines is 1. The largest absolute Gasteiger partial charge is 0.310 e. The van der Waals surface area contributed by atoms with Crippen molar-refractivity contribution in [2.24, 2.45) is 5.92 Å². The number of carbonyl (C=O) groups is 1. The van der Waals surface area contributed by atoms with Gasteiger partial charge < -0.3 is 5.32 Å². The molecule has 29 heavy (non-hydrogen) atoms. The van der Waals surface area contributed by atoms with E-state index in [9.17, 15) is 9.59 Å². The fourth-order valence-electron chi connectivity index (χ4n) is 3.28. The average Bonchev–Trinajstić information content (AvgIpc) is 3.37. The molecule has 1 amide bonds. The zero-order valence-corrected chi connectivity index (χ0v) is 17.9. The van der Waals surface area contributed by atoms with Gasteiger partial charge in [-0.15, -0.1) is 11.3 Å². The van der Waals surface area contributed by atoms with Gasteiger partial charge in [-0.25, -0.2) is 4.98 Å². The van der Waals surface area contributed by atoms with Crippen LogP contribution in [0.3, 0.4) is 0 Å². The fraction of sp³-hybridized carbons (Fsp3) is 0.429. The van der Waals surface area contributed by atoms with Gasteiger partial charge in [-0.3, -0.25) is 14.6 Å². The maximum Gasteiger partial charge on any atom is 0.252 e. The number of aromatic nitrogens is 4. The van der Waals surface area contributed by atoms with Crippen molar-refractivity contribution < 1.29 is 4.79 Å². The molecule has 0 aliphatic rings. The number of H-pyrrole nitrogens is 1. The summed E-state index contributed by atoms with van der Waals surface area (Å²) >= 11 is 1.56. The van der Waals surface area contributed by atoms with Crippen molar-refractivity contribution in [1.29, 1.82) is 0 Å². The maximum absolute atomic E-state index is 12.9. The van der Waals surface area contributed by atoms with E-state index in [1.807, 2.05) is 30.5 Å². The molecule has 0 spiro atoms. The SMILES string of the molecule is CCCC(CCC)C(=O)Nc1cc(-c2cccs2)nn1-c1nc(CC)cc(=O)[nH]1. The Hall–Kier alpha value is -2.74. The van der Waals surface area contributed by atoms with Crippen LogP contribution >= 0.6 is 11.3 Å². The lowest BCUT2D eigenvalue weighted by Gasteiger charge is -2.15. The first-order valence-electron chi connectivity index (χ1n) is 10.1. The highest BCUT2D eigenvalue weighted by Crippen LogP contribution is 2.28. The second kappa shape index (κ2) is 9.65. The van der Waals surface area contributed by atoms with E-state index < -0.39 is 0 Å². The lowest BCUT2D eigenvalue weighted by atomic mass is 9.97. The van der Waals surface area contributed by atoms with E-state index in [1.54, 1.807) is 11.3 Å². The number of thiophene rings is 1. The number of hydrogen-bond acceptors (Lipinski definition) is 5. The van der Waals surface area contributed by atoms with E-state index in [1.165, 1.54) is 10.7 Å². The van der Waals surface area contributed by atoms with Crippen LogP contribution in [0.1, 0.15) is 52.1 Å². The molecule has 2 N–H and O–H groups in total. The number of aryl methyl sites for hydroxylation is 1. The highest BCUT2D eigenvalue weighted by atomic mass is 32.1. The Balaban J connectivity index is 2.02. The minimum atomic E-state index is -0.243. The van der Waals surface area contributed by atoms with E-state index in [-0.39, 0.29) is 17.4 Å². The quantitative estimate of drug-likeness (QED) is 0.544. The van der Waals surface area contributed by atoms with Crippen LogP contribution in [-0.4, -0.2) is 25.7 Å². The molecule has 0 bridgehead atoms. The van der Waals surface area contributed by atoms with Crippen molar-refractivity contribution in [3.05, 3.63) is 45.7 Å². The third-order valence-electron chi connectivity index (χ3n) is 4.72. The topological polar surface area (TPSA) is 92.7 Å². The molecule has 0 fully saturated rings. The molecular formula is C21H27N5O2S. The van der Waals surface area contributed by atoms with E-state index in [0.717, 1.165) is 36.3 Å². The van der Waals surface area contributed by atoms with Gasteiger partial charge in [0.15, 0.2) is 0 Å². The summed E-state index contributed by atoms with van der Waals surface area (Å²) in [6.45, 7) is 6.11. The highest BCUT2D eigenvalue weighted by molar-refractivity contribution is 7.13. The Labute approximate surface area is 174 Å². The maximum atomic E-state index is 12.9. The molecule has 0 saturated heterocycles. The molecule has 3 aromatic heterocycles. The second-order valence-corrected chi connectivity index (χ2v) is 7.93. The summed E-state index contributed by atoms with van der Waals surface area (Å²) in [7, 11) is 0. The molecule has 0 radical (unpaired) electrons. The number of amides is 1. The Morgan fingerprint density at radius 3 is 2.62 bits per heavy atom. The molecule has 0 atom stereocenters. The number of nitrogens with one attached hydrogen (secondary N) is 2. The first kappa shape index (κ1) is 21.0. The van der Waals surface area contributed by atoms with E-state index in [0.29, 0.717) is 23.9 Å². The summed E-state index contributed by atoms with van der Waals surface area (Å²) < 4.78 is 1.52. The van der Waals surface area contributed by atoms with Gasteiger partial charge in [0.25, 0.3) is 5.56 Å². The van der Waals surface area contributed by atoms with Gasteiger partial charge in [0.2, 0.25) is 11.9 Å². The summed E-state index contributed by atoms with van der Waals surface area (Å²) in [6.07, 6.45) is 4.21. The van der Waals surface area contributed by atoms with Gasteiger partial charge in [-0.1, -0.05) is 39.7 Å². The van der Waals surface area contributed by atoms with Crippen molar-refractivity contribution in [3.63, 3.8) is 0 Å². The fourth-order valence-corrected chi connectivity index (χ4v) is 3.96. The van der Waals surface area contributed by atoms with Crippen molar-refractivity contribution in [2.45, 2.75) is 52.9 Å². The number of nitrogens with zero attached hydrogens (tertiary/aromatic N) is 3. The molecule has 7 nitrogen and oxygen atoms in total. The van der Waals surface area contributed by atoms with Crippen molar-refractivity contribution in [3.8, 4) is 16.5 Å². The average molecular weight is 414 g/mol. The van der Waals surface area contributed by atoms with Crippen LogP contribution in [0.5, 0.6) is 0 Å². The van der Waals surface area contributed by atoms with E-state index >= 15 is 0 Å². The highest BCUT2D eigenvalue weighted by Gasteiger charge is 2.21. The smallest absolute Gasteiger partial charge is 0.252 e. The Morgan fingerprint density at radius 2 is 2.00 bits per heavy atom.